The van der Waals surface area contributed by atoms with Crippen molar-refractivity contribution in [1.82, 2.24) is 5.32 Å². The van der Waals surface area contributed by atoms with Crippen LogP contribution in [0.2, 0.25) is 0 Å². The Morgan fingerprint density at radius 3 is 2.75 bits per heavy atom. The van der Waals surface area contributed by atoms with Crippen LogP contribution in [0.3, 0.4) is 0 Å². The smallest absolute Gasteiger partial charge is 0.172 e. The van der Waals surface area contributed by atoms with Crippen LogP contribution in [0, 0.1) is 5.82 Å². The lowest BCUT2D eigenvalue weighted by atomic mass is 9.96. The van der Waals surface area contributed by atoms with Crippen molar-refractivity contribution in [2.75, 3.05) is 6.54 Å². The Morgan fingerprint density at radius 1 is 1.38 bits per heavy atom. The molecule has 1 fully saturated rings. The van der Waals surface area contributed by atoms with Gasteiger partial charge in [-0.05, 0) is 35.3 Å². The molecule has 5 heteroatoms. The molecule has 2 rings (SSSR count). The maximum absolute atomic E-state index is 13.7. The van der Waals surface area contributed by atoms with Crippen molar-refractivity contribution in [2.24, 2.45) is 0 Å². The molecule has 0 spiro atoms. The molecule has 0 radical (unpaired) electrons. The fourth-order valence-corrected chi connectivity index (χ4v) is 2.70. The Morgan fingerprint density at radius 2 is 2.12 bits per heavy atom. The molecule has 16 heavy (non-hydrogen) atoms. The predicted octanol–water partition coefficient (Wildman–Crippen LogP) is 2.81. The summed E-state index contributed by atoms with van der Waals surface area (Å²) in [5.74, 6) is -1.24. The van der Waals surface area contributed by atoms with Crippen LogP contribution >= 0.6 is 15.9 Å². The van der Waals surface area contributed by atoms with Gasteiger partial charge in [0.1, 0.15) is 5.82 Å². The van der Waals surface area contributed by atoms with E-state index in [0.29, 0.717) is 5.56 Å². The third kappa shape index (κ3) is 2.01. The largest absolute Gasteiger partial charge is 0.504 e. The van der Waals surface area contributed by atoms with Gasteiger partial charge in [-0.15, -0.1) is 0 Å². The van der Waals surface area contributed by atoms with Gasteiger partial charge >= 0.3 is 0 Å². The topological polar surface area (TPSA) is 52.5 Å². The summed E-state index contributed by atoms with van der Waals surface area (Å²) in [6.07, 6.45) is 2.95. The van der Waals surface area contributed by atoms with Gasteiger partial charge in [-0.3, -0.25) is 0 Å². The van der Waals surface area contributed by atoms with Crippen molar-refractivity contribution in [3.05, 3.63) is 21.9 Å². The summed E-state index contributed by atoms with van der Waals surface area (Å²) in [5.41, 5.74) is 0.398. The summed E-state index contributed by atoms with van der Waals surface area (Å²) in [7, 11) is 0. The second kappa shape index (κ2) is 4.59. The van der Waals surface area contributed by atoms with Gasteiger partial charge in [0.2, 0.25) is 0 Å². The summed E-state index contributed by atoms with van der Waals surface area (Å²) in [6.45, 7) is 0.845. The monoisotopic (exact) mass is 289 g/mol. The van der Waals surface area contributed by atoms with E-state index >= 15 is 0 Å². The molecule has 88 valence electrons. The third-order valence-electron chi connectivity index (χ3n) is 2.87. The number of hydrogen-bond donors (Lipinski definition) is 3. The van der Waals surface area contributed by atoms with Crippen LogP contribution in [-0.2, 0) is 0 Å². The van der Waals surface area contributed by atoms with Crippen LogP contribution in [-0.4, -0.2) is 16.8 Å². The van der Waals surface area contributed by atoms with Gasteiger partial charge in [0.25, 0.3) is 0 Å². The highest BCUT2D eigenvalue weighted by molar-refractivity contribution is 9.10. The van der Waals surface area contributed by atoms with E-state index in [-0.39, 0.29) is 16.3 Å². The SMILES string of the molecule is Oc1cc(F)c(C2CCCCN2)c(Br)c1O. The molecule has 0 amide bonds. The lowest BCUT2D eigenvalue weighted by molar-refractivity contribution is 0.377. The van der Waals surface area contributed by atoms with Gasteiger partial charge < -0.3 is 15.5 Å². The maximum atomic E-state index is 13.7. The number of hydrogen-bond acceptors (Lipinski definition) is 3. The number of phenolic OH excluding ortho intramolecular Hbond substituents is 2. The molecule has 1 aromatic rings. The summed E-state index contributed by atoms with van der Waals surface area (Å²) in [5, 5.41) is 22.0. The predicted molar refractivity (Wildman–Crippen MR) is 62.0 cm³/mol. The number of benzene rings is 1. The highest BCUT2D eigenvalue weighted by atomic mass is 79.9. The molecular formula is C11H13BrFNO2. The molecule has 3 nitrogen and oxygen atoms in total. The quantitative estimate of drug-likeness (QED) is 0.697. The average molecular weight is 290 g/mol. The standard InChI is InChI=1S/C11H13BrFNO2/c12-10-9(7-3-1-2-4-14-7)6(13)5-8(15)11(10)16/h5,7,14-16H,1-4H2. The fraction of sp³-hybridized carbons (Fsp3) is 0.455. The molecule has 3 N–H and O–H groups in total. The van der Waals surface area contributed by atoms with E-state index in [2.05, 4.69) is 21.2 Å². The van der Waals surface area contributed by atoms with Crippen LogP contribution in [0.5, 0.6) is 11.5 Å². The van der Waals surface area contributed by atoms with E-state index < -0.39 is 11.6 Å². The maximum Gasteiger partial charge on any atom is 0.172 e. The minimum Gasteiger partial charge on any atom is -0.504 e. The Balaban J connectivity index is 2.42. The second-order valence-corrected chi connectivity index (χ2v) is 4.75. The third-order valence-corrected chi connectivity index (χ3v) is 3.67. The zero-order chi connectivity index (χ0) is 11.7. The molecule has 0 saturated carbocycles. The molecule has 1 heterocycles. The minimum atomic E-state index is -0.499. The molecule has 1 aromatic carbocycles. The van der Waals surface area contributed by atoms with Crippen molar-refractivity contribution >= 4 is 15.9 Å². The van der Waals surface area contributed by atoms with Crippen LogP contribution < -0.4 is 5.32 Å². The number of rotatable bonds is 1. The summed E-state index contributed by atoms with van der Waals surface area (Å²) < 4.78 is 14.0. The van der Waals surface area contributed by atoms with E-state index in [1.165, 1.54) is 0 Å². The van der Waals surface area contributed by atoms with E-state index in [4.69, 9.17) is 0 Å². The first-order valence-electron chi connectivity index (χ1n) is 5.24. The highest BCUT2D eigenvalue weighted by Crippen LogP contribution is 2.41. The lowest BCUT2D eigenvalue weighted by Gasteiger charge is -2.25. The zero-order valence-corrected chi connectivity index (χ0v) is 10.2. The molecule has 1 unspecified atom stereocenters. The van der Waals surface area contributed by atoms with Gasteiger partial charge in [-0.2, -0.15) is 0 Å². The Kier molecular flexibility index (Phi) is 3.35. The zero-order valence-electron chi connectivity index (χ0n) is 8.63. The van der Waals surface area contributed by atoms with Crippen molar-refractivity contribution in [3.63, 3.8) is 0 Å². The second-order valence-electron chi connectivity index (χ2n) is 3.96. The Labute approximate surface area is 101 Å². The van der Waals surface area contributed by atoms with Crippen molar-refractivity contribution < 1.29 is 14.6 Å². The average Bonchev–Trinajstić information content (AvgIpc) is 2.28. The first kappa shape index (κ1) is 11.7. The van der Waals surface area contributed by atoms with Crippen LogP contribution in [0.4, 0.5) is 4.39 Å². The lowest BCUT2D eigenvalue weighted by Crippen LogP contribution is -2.27. The molecule has 1 saturated heterocycles. The number of nitrogens with one attached hydrogen (secondary N) is 1. The van der Waals surface area contributed by atoms with Gasteiger partial charge in [0.15, 0.2) is 11.5 Å². The Bertz CT molecular complexity index is 405. The van der Waals surface area contributed by atoms with Gasteiger partial charge in [-0.25, -0.2) is 4.39 Å². The summed E-state index contributed by atoms with van der Waals surface area (Å²) in [6, 6.07) is 0.848. The first-order valence-corrected chi connectivity index (χ1v) is 6.03. The Hall–Kier alpha value is -0.810. The van der Waals surface area contributed by atoms with Crippen LogP contribution in [0.15, 0.2) is 10.5 Å². The van der Waals surface area contributed by atoms with Crippen molar-refractivity contribution in [2.45, 2.75) is 25.3 Å². The number of phenols is 2. The fourth-order valence-electron chi connectivity index (χ4n) is 2.03. The highest BCUT2D eigenvalue weighted by Gasteiger charge is 2.24. The number of piperidine rings is 1. The minimum absolute atomic E-state index is 0.102. The van der Waals surface area contributed by atoms with Crippen molar-refractivity contribution in [1.29, 1.82) is 0 Å². The molecule has 1 atom stereocenters. The van der Waals surface area contributed by atoms with Crippen molar-refractivity contribution in [3.8, 4) is 11.5 Å². The summed E-state index contributed by atoms with van der Waals surface area (Å²) >= 11 is 3.13. The molecular weight excluding hydrogens is 277 g/mol. The summed E-state index contributed by atoms with van der Waals surface area (Å²) in [4.78, 5) is 0. The molecule has 0 bridgehead atoms. The van der Waals surface area contributed by atoms with Gasteiger partial charge in [0.05, 0.1) is 4.47 Å². The van der Waals surface area contributed by atoms with Gasteiger partial charge in [-0.1, -0.05) is 6.42 Å². The number of aromatic hydroxyl groups is 2. The molecule has 0 aliphatic carbocycles. The number of halogens is 2. The van der Waals surface area contributed by atoms with E-state index in [9.17, 15) is 14.6 Å². The van der Waals surface area contributed by atoms with E-state index in [1.54, 1.807) is 0 Å². The van der Waals surface area contributed by atoms with E-state index in [1.807, 2.05) is 0 Å². The van der Waals surface area contributed by atoms with E-state index in [0.717, 1.165) is 31.9 Å². The molecule has 1 aliphatic rings. The van der Waals surface area contributed by atoms with Crippen LogP contribution in [0.25, 0.3) is 0 Å². The molecule has 0 aromatic heterocycles. The van der Waals surface area contributed by atoms with Gasteiger partial charge in [0, 0.05) is 17.7 Å². The molecule has 1 aliphatic heterocycles. The first-order chi connectivity index (χ1) is 7.61. The van der Waals surface area contributed by atoms with Crippen LogP contribution in [0.1, 0.15) is 30.9 Å². The normalized spacial score (nSPS) is 21.0.